The summed E-state index contributed by atoms with van der Waals surface area (Å²) in [7, 11) is 0. The highest BCUT2D eigenvalue weighted by atomic mass is 16.7. The molecule has 0 heterocycles. The van der Waals surface area contributed by atoms with E-state index in [9.17, 15) is 24.9 Å². The number of para-hydroxylation sites is 2. The molecule has 1 amide bonds. The lowest BCUT2D eigenvalue weighted by molar-refractivity contribution is -0.102. The third-order valence-electron chi connectivity index (χ3n) is 7.61. The molecule has 9 heteroatoms. The van der Waals surface area contributed by atoms with Crippen molar-refractivity contribution in [1.82, 2.24) is 0 Å². The maximum absolute atomic E-state index is 13.3. The predicted molar refractivity (Wildman–Crippen MR) is 163 cm³/mol. The van der Waals surface area contributed by atoms with Crippen LogP contribution < -0.4 is 9.64 Å². The first kappa shape index (κ1) is 29.7. The molecule has 0 radical (unpaired) electrons. The first-order valence-electron chi connectivity index (χ1n) is 14.0. The molecular formula is C34H32N2O7. The second kappa shape index (κ2) is 13.4. The van der Waals surface area contributed by atoms with Gasteiger partial charge in [-0.1, -0.05) is 59.8 Å². The highest BCUT2D eigenvalue weighted by molar-refractivity contribution is 6.36. The Labute approximate surface area is 249 Å². The Morgan fingerprint density at radius 1 is 0.767 bits per heavy atom. The number of amides is 1. The van der Waals surface area contributed by atoms with Crippen LogP contribution in [0.5, 0.6) is 5.75 Å². The van der Waals surface area contributed by atoms with E-state index in [1.54, 1.807) is 66.7 Å². The van der Waals surface area contributed by atoms with E-state index >= 15 is 0 Å². The van der Waals surface area contributed by atoms with Crippen LogP contribution in [0.4, 0.5) is 16.2 Å². The van der Waals surface area contributed by atoms with Gasteiger partial charge in [-0.05, 0) is 77.6 Å². The standard InChI is InChI=1S/C34H32N2O7/c37-17-15-34(16-18-38)30-13-11-24(21-28(30)29-22-27(42-20-19-39)12-14-31(29)34)32(23-40)35-43-33(41)36(25-7-3-1-4-8-25)26-9-5-2-6-10-26/h1-14,21-23,37-39H,15-20H2/b35-32+. The van der Waals surface area contributed by atoms with Gasteiger partial charge in [-0.15, -0.1) is 0 Å². The topological polar surface area (TPSA) is 129 Å². The fourth-order valence-electron chi connectivity index (χ4n) is 5.74. The molecule has 0 bridgehead atoms. The third-order valence-corrected chi connectivity index (χ3v) is 7.61. The highest BCUT2D eigenvalue weighted by Gasteiger charge is 2.42. The van der Waals surface area contributed by atoms with Gasteiger partial charge in [0, 0.05) is 24.2 Å². The van der Waals surface area contributed by atoms with E-state index in [2.05, 4.69) is 5.16 Å². The summed E-state index contributed by atoms with van der Waals surface area (Å²) < 4.78 is 5.65. The van der Waals surface area contributed by atoms with Crippen LogP contribution in [0.15, 0.2) is 102 Å². The monoisotopic (exact) mass is 580 g/mol. The number of aldehydes is 1. The maximum Gasteiger partial charge on any atom is 0.445 e. The number of fused-ring (bicyclic) bond motifs is 3. The van der Waals surface area contributed by atoms with Crippen LogP contribution in [0.25, 0.3) is 11.1 Å². The summed E-state index contributed by atoms with van der Waals surface area (Å²) in [6.07, 6.45) is 0.490. The number of anilines is 2. The molecule has 0 atom stereocenters. The van der Waals surface area contributed by atoms with Crippen LogP contribution in [-0.4, -0.2) is 59.8 Å². The van der Waals surface area contributed by atoms with Gasteiger partial charge in [0.25, 0.3) is 0 Å². The molecule has 0 aromatic heterocycles. The second-order valence-corrected chi connectivity index (χ2v) is 10.0. The Kier molecular flexibility index (Phi) is 9.26. The molecule has 5 rings (SSSR count). The molecule has 0 saturated carbocycles. The molecule has 0 saturated heterocycles. The lowest BCUT2D eigenvalue weighted by Crippen LogP contribution is -2.28. The molecule has 1 aliphatic carbocycles. The number of hydrogen-bond acceptors (Lipinski definition) is 8. The number of ether oxygens (including phenoxy) is 1. The smallest absolute Gasteiger partial charge is 0.445 e. The van der Waals surface area contributed by atoms with E-state index in [4.69, 9.17) is 9.57 Å². The Morgan fingerprint density at radius 2 is 1.35 bits per heavy atom. The van der Waals surface area contributed by atoms with Crippen LogP contribution in [0.1, 0.15) is 29.5 Å². The van der Waals surface area contributed by atoms with Crippen molar-refractivity contribution in [3.8, 4) is 16.9 Å². The number of aliphatic hydroxyl groups is 3. The number of hydrogen-bond donors (Lipinski definition) is 3. The van der Waals surface area contributed by atoms with Crippen molar-refractivity contribution in [3.63, 3.8) is 0 Å². The quantitative estimate of drug-likeness (QED) is 0.0934. The summed E-state index contributed by atoms with van der Waals surface area (Å²) >= 11 is 0. The summed E-state index contributed by atoms with van der Waals surface area (Å²) in [4.78, 5) is 32.2. The van der Waals surface area contributed by atoms with E-state index in [1.165, 1.54) is 4.90 Å². The number of aliphatic hydroxyl groups excluding tert-OH is 3. The van der Waals surface area contributed by atoms with Gasteiger partial charge < -0.3 is 20.1 Å². The number of benzene rings is 4. The SMILES string of the molecule is O=C/C(=N\OC(=O)N(c1ccccc1)c1ccccc1)c1ccc2c(c1)-c1cc(OCCO)ccc1C2(CCO)CCO. The summed E-state index contributed by atoms with van der Waals surface area (Å²) in [6.45, 7) is -0.208. The number of carbonyl (C=O) groups excluding carboxylic acids is 2. The Balaban J connectivity index is 1.52. The average molecular weight is 581 g/mol. The first-order chi connectivity index (χ1) is 21.1. The lowest BCUT2D eigenvalue weighted by Gasteiger charge is -2.31. The van der Waals surface area contributed by atoms with Crippen molar-refractivity contribution >= 4 is 29.5 Å². The normalized spacial score (nSPS) is 13.1. The van der Waals surface area contributed by atoms with Crippen molar-refractivity contribution < 1.29 is 34.5 Å². The predicted octanol–water partition coefficient (Wildman–Crippen LogP) is 4.97. The zero-order valence-electron chi connectivity index (χ0n) is 23.4. The zero-order valence-corrected chi connectivity index (χ0v) is 23.4. The van der Waals surface area contributed by atoms with E-state index in [1.807, 2.05) is 30.3 Å². The van der Waals surface area contributed by atoms with Gasteiger partial charge in [-0.2, -0.15) is 0 Å². The van der Waals surface area contributed by atoms with Crippen LogP contribution >= 0.6 is 0 Å². The molecule has 0 fully saturated rings. The van der Waals surface area contributed by atoms with Crippen LogP contribution in [0, 0.1) is 0 Å². The molecule has 0 spiro atoms. The summed E-state index contributed by atoms with van der Waals surface area (Å²) in [5.74, 6) is 0.549. The Hall–Kier alpha value is -4.83. The first-order valence-corrected chi connectivity index (χ1v) is 14.0. The van der Waals surface area contributed by atoms with Crippen molar-refractivity contribution in [3.05, 3.63) is 114 Å². The zero-order chi connectivity index (χ0) is 30.2. The molecule has 43 heavy (non-hydrogen) atoms. The number of rotatable bonds is 12. The fraction of sp³-hybridized carbons (Fsp3) is 0.206. The largest absolute Gasteiger partial charge is 0.491 e. The molecule has 0 aliphatic heterocycles. The van der Waals surface area contributed by atoms with E-state index in [0.717, 1.165) is 22.3 Å². The Bertz CT molecular complexity index is 1560. The van der Waals surface area contributed by atoms with Gasteiger partial charge in [-0.3, -0.25) is 9.63 Å². The summed E-state index contributed by atoms with van der Waals surface area (Å²) in [5, 5.41) is 33.2. The summed E-state index contributed by atoms with van der Waals surface area (Å²) in [6, 6.07) is 28.8. The maximum atomic E-state index is 13.3. The highest BCUT2D eigenvalue weighted by Crippen LogP contribution is 2.53. The van der Waals surface area contributed by atoms with Crippen molar-refractivity contribution in [1.29, 1.82) is 0 Å². The van der Waals surface area contributed by atoms with Crippen molar-refractivity contribution in [2.75, 3.05) is 31.3 Å². The lowest BCUT2D eigenvalue weighted by atomic mass is 9.73. The number of oxime groups is 1. The molecule has 3 N–H and O–H groups in total. The van der Waals surface area contributed by atoms with Crippen LogP contribution in [0.2, 0.25) is 0 Å². The fourth-order valence-corrected chi connectivity index (χ4v) is 5.74. The van der Waals surface area contributed by atoms with Gasteiger partial charge >= 0.3 is 6.09 Å². The number of nitrogens with zero attached hydrogens (tertiary/aromatic N) is 2. The molecule has 1 aliphatic rings. The minimum Gasteiger partial charge on any atom is -0.491 e. The van der Waals surface area contributed by atoms with Gasteiger partial charge in [0.15, 0.2) is 12.0 Å². The van der Waals surface area contributed by atoms with E-state index in [-0.39, 0.29) is 32.1 Å². The van der Waals surface area contributed by atoms with Crippen molar-refractivity contribution in [2.24, 2.45) is 5.16 Å². The second-order valence-electron chi connectivity index (χ2n) is 10.0. The van der Waals surface area contributed by atoms with E-state index < -0.39 is 11.5 Å². The van der Waals surface area contributed by atoms with Gasteiger partial charge in [-0.25, -0.2) is 9.69 Å². The van der Waals surface area contributed by atoms with Gasteiger partial charge in [0.2, 0.25) is 0 Å². The van der Waals surface area contributed by atoms with Crippen molar-refractivity contribution in [2.45, 2.75) is 18.3 Å². The Morgan fingerprint density at radius 3 is 1.91 bits per heavy atom. The van der Waals surface area contributed by atoms with E-state index in [0.29, 0.717) is 41.8 Å². The average Bonchev–Trinajstić information content (AvgIpc) is 3.30. The van der Waals surface area contributed by atoms with Gasteiger partial charge in [0.1, 0.15) is 12.4 Å². The molecule has 4 aromatic rings. The molecular weight excluding hydrogens is 548 g/mol. The molecule has 9 nitrogen and oxygen atoms in total. The van der Waals surface area contributed by atoms with Crippen LogP contribution in [-0.2, 0) is 15.0 Å². The van der Waals surface area contributed by atoms with Gasteiger partial charge in [0.05, 0.1) is 18.0 Å². The summed E-state index contributed by atoms with van der Waals surface area (Å²) in [5.41, 5.74) is 4.21. The molecule has 220 valence electrons. The van der Waals surface area contributed by atoms with Crippen LogP contribution in [0.3, 0.4) is 0 Å². The minimum atomic E-state index is -0.793. The minimum absolute atomic E-state index is 0.0896. The molecule has 0 unspecified atom stereocenters. The molecule has 4 aromatic carbocycles. The third kappa shape index (κ3) is 5.91. The number of carbonyl (C=O) groups is 2.